The number of hydrogen-bond donors (Lipinski definition) is 2. The minimum atomic E-state index is -3.85. The average Bonchev–Trinajstić information content (AvgIpc) is 2.55. The van der Waals surface area contributed by atoms with Gasteiger partial charge >= 0.3 is 0 Å². The molecule has 0 fully saturated rings. The Bertz CT molecular complexity index is 793. The van der Waals surface area contributed by atoms with Crippen molar-refractivity contribution in [2.24, 2.45) is 0 Å². The lowest BCUT2D eigenvalue weighted by atomic mass is 10.3. The zero-order valence-electron chi connectivity index (χ0n) is 12.3. The highest BCUT2D eigenvalue weighted by molar-refractivity contribution is 7.89. The van der Waals surface area contributed by atoms with E-state index in [2.05, 4.69) is 5.43 Å². The zero-order chi connectivity index (χ0) is 17.6. The summed E-state index contributed by atoms with van der Waals surface area (Å²) in [5.74, 6) is 0.0375. The average molecular weight is 389 g/mol. The molecule has 9 heteroatoms. The van der Waals surface area contributed by atoms with E-state index in [9.17, 15) is 13.2 Å². The third-order valence-corrected chi connectivity index (χ3v) is 4.63. The smallest absolute Gasteiger partial charge is 0.257 e. The number of carbonyl (C=O) groups is 1. The maximum absolute atomic E-state index is 12.0. The lowest BCUT2D eigenvalue weighted by Gasteiger charge is -2.09. The SMILES string of the molecule is O=C(CCOc1ccc(Cl)cc1)NNS(=O)(=O)c1ccc(Cl)cc1. The van der Waals surface area contributed by atoms with Crippen molar-refractivity contribution in [2.75, 3.05) is 6.61 Å². The van der Waals surface area contributed by atoms with Crippen LogP contribution in [0.25, 0.3) is 0 Å². The number of amides is 1. The van der Waals surface area contributed by atoms with Crippen LogP contribution in [0.1, 0.15) is 6.42 Å². The molecule has 2 aromatic carbocycles. The summed E-state index contributed by atoms with van der Waals surface area (Å²) in [6.07, 6.45) is -0.0221. The van der Waals surface area contributed by atoms with Crippen LogP contribution in [0.3, 0.4) is 0 Å². The molecule has 6 nitrogen and oxygen atoms in total. The maximum Gasteiger partial charge on any atom is 0.257 e. The molecule has 2 rings (SSSR count). The third-order valence-electron chi connectivity index (χ3n) is 2.86. The molecule has 0 spiro atoms. The maximum atomic E-state index is 12.0. The Balaban J connectivity index is 1.78. The summed E-state index contributed by atoms with van der Waals surface area (Å²) in [5.41, 5.74) is 2.12. The Labute approximate surface area is 149 Å². The summed E-state index contributed by atoms with van der Waals surface area (Å²) < 4.78 is 29.3. The van der Waals surface area contributed by atoms with E-state index in [4.69, 9.17) is 27.9 Å². The first-order valence-electron chi connectivity index (χ1n) is 6.81. The topological polar surface area (TPSA) is 84.5 Å². The van der Waals surface area contributed by atoms with Crippen LogP contribution in [0.5, 0.6) is 5.75 Å². The van der Waals surface area contributed by atoms with Crippen LogP contribution in [0.2, 0.25) is 10.0 Å². The Kier molecular flexibility index (Phi) is 6.44. The Morgan fingerprint density at radius 2 is 1.50 bits per heavy atom. The van der Waals surface area contributed by atoms with Crippen molar-refractivity contribution >= 4 is 39.1 Å². The molecule has 0 saturated heterocycles. The molecule has 1 amide bonds. The Morgan fingerprint density at radius 1 is 0.958 bits per heavy atom. The van der Waals surface area contributed by atoms with E-state index < -0.39 is 15.9 Å². The fraction of sp³-hybridized carbons (Fsp3) is 0.133. The second-order valence-electron chi connectivity index (χ2n) is 4.66. The van der Waals surface area contributed by atoms with Gasteiger partial charge in [0.1, 0.15) is 5.75 Å². The largest absolute Gasteiger partial charge is 0.493 e. The van der Waals surface area contributed by atoms with E-state index in [1.807, 2.05) is 4.83 Å². The van der Waals surface area contributed by atoms with Crippen molar-refractivity contribution in [2.45, 2.75) is 11.3 Å². The molecule has 2 N–H and O–H groups in total. The van der Waals surface area contributed by atoms with Gasteiger partial charge in [-0.1, -0.05) is 23.2 Å². The first kappa shape index (κ1) is 18.5. The zero-order valence-corrected chi connectivity index (χ0v) is 14.7. The summed E-state index contributed by atoms with van der Waals surface area (Å²) in [4.78, 5) is 13.7. The fourth-order valence-electron chi connectivity index (χ4n) is 1.65. The van der Waals surface area contributed by atoms with E-state index in [1.54, 1.807) is 24.3 Å². The molecule has 0 aliphatic heterocycles. The molecule has 0 saturated carbocycles. The Morgan fingerprint density at radius 3 is 2.08 bits per heavy atom. The molecular formula is C15H14Cl2N2O4S. The number of halogens is 2. The second-order valence-corrected chi connectivity index (χ2v) is 7.22. The number of hydrazine groups is 1. The number of ether oxygens (including phenoxy) is 1. The summed E-state index contributed by atoms with van der Waals surface area (Å²) in [7, 11) is -3.85. The number of rotatable bonds is 7. The molecule has 2 aromatic rings. The third kappa shape index (κ3) is 5.68. The fourth-order valence-corrected chi connectivity index (χ4v) is 2.76. The standard InChI is InChI=1S/C15H14Cl2N2O4S/c16-11-1-5-13(6-2-11)23-10-9-15(20)18-19-24(21,22)14-7-3-12(17)4-8-14/h1-8,19H,9-10H2,(H,18,20). The lowest BCUT2D eigenvalue weighted by Crippen LogP contribution is -2.41. The van der Waals surface area contributed by atoms with E-state index in [-0.39, 0.29) is 17.9 Å². The van der Waals surface area contributed by atoms with Gasteiger partial charge in [-0.15, -0.1) is 4.83 Å². The highest BCUT2D eigenvalue weighted by Crippen LogP contribution is 2.15. The molecular weight excluding hydrogens is 375 g/mol. The van der Waals surface area contributed by atoms with Crippen LogP contribution in [-0.4, -0.2) is 20.9 Å². The van der Waals surface area contributed by atoms with Crippen molar-refractivity contribution in [1.82, 2.24) is 10.3 Å². The van der Waals surface area contributed by atoms with Crippen molar-refractivity contribution in [3.63, 3.8) is 0 Å². The normalized spacial score (nSPS) is 11.1. The number of sulfonamides is 1. The molecule has 128 valence electrons. The highest BCUT2D eigenvalue weighted by Gasteiger charge is 2.14. The summed E-state index contributed by atoms with van der Waals surface area (Å²) >= 11 is 11.4. The summed E-state index contributed by atoms with van der Waals surface area (Å²) in [6.45, 7) is 0.0934. The molecule has 0 aromatic heterocycles. The first-order chi connectivity index (χ1) is 11.4. The monoisotopic (exact) mass is 388 g/mol. The molecule has 0 unspecified atom stereocenters. The van der Waals surface area contributed by atoms with Crippen LogP contribution in [-0.2, 0) is 14.8 Å². The van der Waals surface area contributed by atoms with Gasteiger partial charge in [0.2, 0.25) is 5.91 Å². The van der Waals surface area contributed by atoms with Gasteiger partial charge in [-0.3, -0.25) is 10.2 Å². The number of benzene rings is 2. The van der Waals surface area contributed by atoms with Gasteiger partial charge in [0, 0.05) is 10.0 Å². The van der Waals surface area contributed by atoms with Gasteiger partial charge in [-0.25, -0.2) is 8.42 Å². The van der Waals surface area contributed by atoms with Crippen LogP contribution < -0.4 is 15.0 Å². The molecule has 0 aliphatic rings. The van der Waals surface area contributed by atoms with Gasteiger partial charge < -0.3 is 4.74 Å². The Hall–Kier alpha value is -1.80. The number of carbonyl (C=O) groups excluding carboxylic acids is 1. The van der Waals surface area contributed by atoms with Gasteiger partial charge in [0.25, 0.3) is 10.0 Å². The van der Waals surface area contributed by atoms with Crippen LogP contribution >= 0.6 is 23.2 Å². The van der Waals surface area contributed by atoms with Gasteiger partial charge in [0.15, 0.2) is 0 Å². The van der Waals surface area contributed by atoms with Crippen LogP contribution in [0.4, 0.5) is 0 Å². The first-order valence-corrected chi connectivity index (χ1v) is 9.05. The minimum Gasteiger partial charge on any atom is -0.493 e. The minimum absolute atomic E-state index is 0.00962. The molecule has 24 heavy (non-hydrogen) atoms. The summed E-state index contributed by atoms with van der Waals surface area (Å²) in [6, 6.07) is 12.2. The van der Waals surface area contributed by atoms with Gasteiger partial charge in [-0.2, -0.15) is 0 Å². The van der Waals surface area contributed by atoms with E-state index in [0.29, 0.717) is 15.8 Å². The van der Waals surface area contributed by atoms with E-state index in [0.717, 1.165) is 0 Å². The van der Waals surface area contributed by atoms with Crippen molar-refractivity contribution < 1.29 is 17.9 Å². The van der Waals surface area contributed by atoms with E-state index >= 15 is 0 Å². The highest BCUT2D eigenvalue weighted by atomic mass is 35.5. The van der Waals surface area contributed by atoms with Crippen molar-refractivity contribution in [3.8, 4) is 5.75 Å². The molecule has 0 bridgehead atoms. The summed E-state index contributed by atoms with van der Waals surface area (Å²) in [5, 5.41) is 0.994. The van der Waals surface area contributed by atoms with Gasteiger partial charge in [-0.05, 0) is 48.5 Å². The lowest BCUT2D eigenvalue weighted by molar-refractivity contribution is -0.122. The molecule has 0 radical (unpaired) electrons. The van der Waals surface area contributed by atoms with Gasteiger partial charge in [0.05, 0.1) is 17.9 Å². The number of nitrogens with one attached hydrogen (secondary N) is 2. The predicted octanol–water partition coefficient (Wildman–Crippen LogP) is 2.77. The molecule has 0 heterocycles. The quantitative estimate of drug-likeness (QED) is 0.714. The van der Waals surface area contributed by atoms with Crippen molar-refractivity contribution in [3.05, 3.63) is 58.6 Å². The van der Waals surface area contributed by atoms with E-state index in [1.165, 1.54) is 24.3 Å². The van der Waals surface area contributed by atoms with Crippen molar-refractivity contribution in [1.29, 1.82) is 0 Å². The van der Waals surface area contributed by atoms with Crippen LogP contribution in [0, 0.1) is 0 Å². The number of hydrogen-bond acceptors (Lipinski definition) is 4. The molecule has 0 aliphatic carbocycles. The molecule has 0 atom stereocenters. The van der Waals surface area contributed by atoms with Crippen LogP contribution in [0.15, 0.2) is 53.4 Å². The predicted molar refractivity (Wildman–Crippen MR) is 91.5 cm³/mol. The second kappa shape index (κ2) is 8.34.